The minimum Gasteiger partial charge on any atom is -0.398 e. The molecule has 0 radical (unpaired) electrons. The highest BCUT2D eigenvalue weighted by Gasteiger charge is 2.24. The Labute approximate surface area is 124 Å². The quantitative estimate of drug-likeness (QED) is 0.887. The van der Waals surface area contributed by atoms with E-state index in [2.05, 4.69) is 0 Å². The van der Waals surface area contributed by atoms with E-state index in [1.54, 1.807) is 6.07 Å². The molecule has 0 saturated heterocycles. The summed E-state index contributed by atoms with van der Waals surface area (Å²) < 4.78 is 39.6. The largest absolute Gasteiger partial charge is 0.398 e. The number of aryl methyl sites for hydroxylation is 2. The lowest BCUT2D eigenvalue weighted by Crippen LogP contribution is -2.27. The van der Waals surface area contributed by atoms with Gasteiger partial charge in [0.1, 0.15) is 10.7 Å². The normalized spacial score (nSPS) is 11.4. The van der Waals surface area contributed by atoms with Gasteiger partial charge in [-0.25, -0.2) is 12.8 Å². The summed E-state index contributed by atoms with van der Waals surface area (Å²) in [5.41, 5.74) is 8.01. The average molecular weight is 308 g/mol. The zero-order valence-electron chi connectivity index (χ0n) is 12.1. The van der Waals surface area contributed by atoms with Crippen LogP contribution in [-0.4, -0.2) is 15.5 Å². The van der Waals surface area contributed by atoms with E-state index < -0.39 is 15.8 Å². The number of nitrogen functional groups attached to an aromatic ring is 1. The second-order valence-electron chi connectivity index (χ2n) is 4.93. The van der Waals surface area contributed by atoms with Gasteiger partial charge in [0.15, 0.2) is 0 Å². The van der Waals surface area contributed by atoms with Crippen LogP contribution in [0.25, 0.3) is 0 Å². The van der Waals surface area contributed by atoms with Crippen LogP contribution in [0.2, 0.25) is 0 Å². The third-order valence-electron chi connectivity index (χ3n) is 3.44. The lowest BCUT2D eigenvalue weighted by Gasteiger charge is -2.21. The fourth-order valence-corrected chi connectivity index (χ4v) is 3.36. The summed E-state index contributed by atoms with van der Waals surface area (Å²) >= 11 is 0. The van der Waals surface area contributed by atoms with Crippen LogP contribution in [0.4, 0.5) is 15.8 Å². The van der Waals surface area contributed by atoms with Crippen LogP contribution in [0.3, 0.4) is 0 Å². The highest BCUT2D eigenvalue weighted by molar-refractivity contribution is 7.93. The van der Waals surface area contributed by atoms with Crippen LogP contribution in [0.5, 0.6) is 0 Å². The van der Waals surface area contributed by atoms with Gasteiger partial charge in [0.05, 0.1) is 11.4 Å². The summed E-state index contributed by atoms with van der Waals surface area (Å²) in [6, 6.07) is 8.57. The summed E-state index contributed by atoms with van der Waals surface area (Å²) in [4.78, 5) is 0.0253. The molecular weight excluding hydrogens is 291 g/mol. The molecule has 112 valence electrons. The van der Waals surface area contributed by atoms with Crippen LogP contribution in [-0.2, 0) is 10.0 Å². The van der Waals surface area contributed by atoms with Gasteiger partial charge in [-0.2, -0.15) is 0 Å². The van der Waals surface area contributed by atoms with Crippen LogP contribution >= 0.6 is 0 Å². The van der Waals surface area contributed by atoms with Crippen molar-refractivity contribution in [2.75, 3.05) is 17.1 Å². The Morgan fingerprint density at radius 2 is 1.71 bits per heavy atom. The van der Waals surface area contributed by atoms with Crippen molar-refractivity contribution in [3.05, 3.63) is 53.3 Å². The van der Waals surface area contributed by atoms with Crippen molar-refractivity contribution in [1.29, 1.82) is 0 Å². The van der Waals surface area contributed by atoms with Crippen molar-refractivity contribution in [1.82, 2.24) is 0 Å². The maximum absolute atomic E-state index is 13.3. The monoisotopic (exact) mass is 308 g/mol. The zero-order valence-corrected chi connectivity index (χ0v) is 12.9. The Kier molecular flexibility index (Phi) is 3.91. The molecule has 21 heavy (non-hydrogen) atoms. The number of rotatable bonds is 3. The zero-order chi connectivity index (χ0) is 15.8. The summed E-state index contributed by atoms with van der Waals surface area (Å²) in [6.45, 7) is 3.67. The first-order chi connectivity index (χ1) is 9.73. The van der Waals surface area contributed by atoms with Gasteiger partial charge in [-0.1, -0.05) is 6.07 Å². The molecule has 2 rings (SSSR count). The van der Waals surface area contributed by atoms with Gasteiger partial charge in [0.2, 0.25) is 0 Å². The number of hydrogen-bond donors (Lipinski definition) is 1. The molecule has 0 aromatic heterocycles. The molecule has 0 fully saturated rings. The van der Waals surface area contributed by atoms with E-state index in [9.17, 15) is 12.8 Å². The van der Waals surface area contributed by atoms with E-state index in [-0.39, 0.29) is 16.3 Å². The van der Waals surface area contributed by atoms with E-state index in [0.717, 1.165) is 21.5 Å². The summed E-state index contributed by atoms with van der Waals surface area (Å²) in [5, 5.41) is 0. The third kappa shape index (κ3) is 2.85. The number of nitrogens with two attached hydrogens (primary N) is 1. The van der Waals surface area contributed by atoms with Gasteiger partial charge in [-0.15, -0.1) is 0 Å². The van der Waals surface area contributed by atoms with Crippen LogP contribution in [0.1, 0.15) is 11.1 Å². The topological polar surface area (TPSA) is 63.4 Å². The minimum absolute atomic E-state index is 0.0253. The van der Waals surface area contributed by atoms with Crippen LogP contribution < -0.4 is 10.0 Å². The molecule has 0 aliphatic heterocycles. The molecule has 0 atom stereocenters. The Morgan fingerprint density at radius 3 is 2.33 bits per heavy atom. The van der Waals surface area contributed by atoms with Crippen molar-refractivity contribution in [3.8, 4) is 0 Å². The molecule has 0 unspecified atom stereocenters. The number of halogens is 1. The molecule has 0 heterocycles. The molecule has 2 aromatic rings. The molecule has 0 aliphatic carbocycles. The Bertz CT molecular complexity index is 788. The summed E-state index contributed by atoms with van der Waals surface area (Å²) in [7, 11) is -2.46. The van der Waals surface area contributed by atoms with Crippen molar-refractivity contribution in [2.45, 2.75) is 18.7 Å². The summed E-state index contributed by atoms with van der Waals surface area (Å²) in [5.74, 6) is -0.498. The number of hydrogen-bond acceptors (Lipinski definition) is 3. The van der Waals surface area contributed by atoms with Crippen LogP contribution in [0, 0.1) is 19.7 Å². The lowest BCUT2D eigenvalue weighted by molar-refractivity contribution is 0.594. The molecule has 2 N–H and O–H groups in total. The predicted molar refractivity (Wildman–Crippen MR) is 82.3 cm³/mol. The maximum Gasteiger partial charge on any atom is 0.266 e. The highest BCUT2D eigenvalue weighted by Crippen LogP contribution is 2.28. The van der Waals surface area contributed by atoms with Gasteiger partial charge in [-0.3, -0.25) is 4.31 Å². The maximum atomic E-state index is 13.3. The van der Waals surface area contributed by atoms with Crippen molar-refractivity contribution >= 4 is 21.4 Å². The number of benzene rings is 2. The Balaban J connectivity index is 2.54. The molecule has 0 amide bonds. The first kappa shape index (κ1) is 15.3. The minimum atomic E-state index is -3.84. The smallest absolute Gasteiger partial charge is 0.266 e. The van der Waals surface area contributed by atoms with Gasteiger partial charge in [-0.05, 0) is 55.3 Å². The first-order valence-electron chi connectivity index (χ1n) is 6.34. The molecule has 0 bridgehead atoms. The molecule has 2 aromatic carbocycles. The third-order valence-corrected chi connectivity index (χ3v) is 5.28. The molecule has 0 spiro atoms. The van der Waals surface area contributed by atoms with Crippen molar-refractivity contribution in [3.63, 3.8) is 0 Å². The highest BCUT2D eigenvalue weighted by atomic mass is 32.2. The molecule has 6 heteroatoms. The standard InChI is InChI=1S/C15H17FN2O2S/c1-10-7-14(17)15(8-11(10)2)21(19,20)18(3)13-6-4-5-12(16)9-13/h4-9H,17H2,1-3H3. The van der Waals surface area contributed by atoms with E-state index in [1.807, 2.05) is 13.8 Å². The first-order valence-corrected chi connectivity index (χ1v) is 7.78. The predicted octanol–water partition coefficient (Wildman–Crippen LogP) is 2.85. The average Bonchev–Trinajstić information content (AvgIpc) is 2.41. The van der Waals surface area contributed by atoms with Gasteiger partial charge < -0.3 is 5.73 Å². The second kappa shape index (κ2) is 5.37. The van der Waals surface area contributed by atoms with E-state index in [4.69, 9.17) is 5.73 Å². The van der Waals surface area contributed by atoms with Gasteiger partial charge in [0, 0.05) is 7.05 Å². The number of sulfonamides is 1. The Hall–Kier alpha value is -2.08. The van der Waals surface area contributed by atoms with E-state index >= 15 is 0 Å². The number of anilines is 2. The van der Waals surface area contributed by atoms with Gasteiger partial charge >= 0.3 is 0 Å². The van der Waals surface area contributed by atoms with Gasteiger partial charge in [0.25, 0.3) is 10.0 Å². The summed E-state index contributed by atoms with van der Waals surface area (Å²) in [6.07, 6.45) is 0. The fraction of sp³-hybridized carbons (Fsp3) is 0.200. The van der Waals surface area contributed by atoms with Crippen molar-refractivity contribution in [2.24, 2.45) is 0 Å². The van der Waals surface area contributed by atoms with Crippen LogP contribution in [0.15, 0.2) is 41.3 Å². The second-order valence-corrected chi connectivity index (χ2v) is 6.86. The van der Waals surface area contributed by atoms with E-state index in [0.29, 0.717) is 0 Å². The fourth-order valence-electron chi connectivity index (χ4n) is 1.99. The SMILES string of the molecule is Cc1cc(N)c(S(=O)(=O)N(C)c2cccc(F)c2)cc1C. The number of nitrogens with zero attached hydrogens (tertiary/aromatic N) is 1. The molecule has 0 aliphatic rings. The lowest BCUT2D eigenvalue weighted by atomic mass is 10.1. The molecule has 0 saturated carbocycles. The Morgan fingerprint density at radius 1 is 1.10 bits per heavy atom. The van der Waals surface area contributed by atoms with E-state index in [1.165, 1.54) is 31.3 Å². The van der Waals surface area contributed by atoms with Crippen molar-refractivity contribution < 1.29 is 12.8 Å². The molecule has 4 nitrogen and oxygen atoms in total. The molecular formula is C15H17FN2O2S.